The molecular weight excluding hydrogens is 775 g/mol. The summed E-state index contributed by atoms with van der Waals surface area (Å²) in [5.74, 6) is 0. The van der Waals surface area contributed by atoms with Gasteiger partial charge in [0, 0.05) is 0 Å². The van der Waals surface area contributed by atoms with Crippen molar-refractivity contribution in [1.82, 2.24) is 0 Å². The topological polar surface area (TPSA) is 229 Å². The van der Waals surface area contributed by atoms with Crippen molar-refractivity contribution >= 4 is 64.4 Å². The molecule has 4 aromatic carbocycles. The molecular formula is C28H28O12S4Sn. The van der Waals surface area contributed by atoms with E-state index >= 15 is 0 Å². The molecule has 0 amide bonds. The average Bonchev–Trinajstić information content (AvgIpc) is 2.89. The monoisotopic (exact) mass is 804 g/mol. The minimum absolute atomic E-state index is 0. The zero-order valence-corrected chi connectivity index (χ0v) is 30.4. The fourth-order valence-electron chi connectivity index (χ4n) is 2.82. The Bertz CT molecular complexity index is 1650. The number of hydrogen-bond acceptors (Lipinski definition) is 12. The van der Waals surface area contributed by atoms with Crippen LogP contribution in [0.3, 0.4) is 0 Å². The maximum Gasteiger partial charge on any atom is 4.00 e. The van der Waals surface area contributed by atoms with Crippen LogP contribution in [-0.4, -0.2) is 75.8 Å². The fourth-order valence-corrected chi connectivity index (χ4v) is 4.70. The first kappa shape index (κ1) is 42.3. The Kier molecular flexibility index (Phi) is 16.8. The third kappa shape index (κ3) is 17.0. The summed E-state index contributed by atoms with van der Waals surface area (Å²) in [5.41, 5.74) is 3.71. The van der Waals surface area contributed by atoms with Crippen LogP contribution in [0.15, 0.2) is 117 Å². The zero-order valence-electron chi connectivity index (χ0n) is 24.3. The number of hydrogen-bond donors (Lipinski definition) is 0. The zero-order chi connectivity index (χ0) is 33.9. The summed E-state index contributed by atoms with van der Waals surface area (Å²) >= 11 is 0. The van der Waals surface area contributed by atoms with E-state index in [2.05, 4.69) is 0 Å². The van der Waals surface area contributed by atoms with Crippen LogP contribution in [0.2, 0.25) is 0 Å². The van der Waals surface area contributed by atoms with Crippen molar-refractivity contribution in [2.45, 2.75) is 47.3 Å². The summed E-state index contributed by atoms with van der Waals surface area (Å²) in [6, 6.07) is 23.1. The standard InChI is InChI=1S/4C7H8O3S.Sn/c4*1-6-2-4-7(5-3-6)11(8,9)10;/h4*2-5H,1H3,(H,8,9,10);/q;;;;+4/p-4. The van der Waals surface area contributed by atoms with Crippen LogP contribution in [0.25, 0.3) is 0 Å². The SMILES string of the molecule is Cc1ccc(S(=O)(=O)[O-])cc1.Cc1ccc(S(=O)(=O)[O-])cc1.Cc1ccc(S(=O)(=O)[O-])cc1.Cc1ccc(S(=O)(=O)[O-])cc1.[Sn+4]. The molecule has 240 valence electrons. The first-order chi connectivity index (χ1) is 20.0. The Morgan fingerprint density at radius 2 is 0.422 bits per heavy atom. The number of rotatable bonds is 4. The molecule has 0 heterocycles. The molecule has 0 aliphatic rings. The fraction of sp³-hybridized carbons (Fsp3) is 0.143. The van der Waals surface area contributed by atoms with Gasteiger partial charge in [-0.3, -0.25) is 0 Å². The van der Waals surface area contributed by atoms with Gasteiger partial charge in [-0.15, -0.1) is 0 Å². The maximum absolute atomic E-state index is 10.4. The van der Waals surface area contributed by atoms with Crippen LogP contribution < -0.4 is 0 Å². The van der Waals surface area contributed by atoms with Gasteiger partial charge in [0.15, 0.2) is 0 Å². The Labute approximate surface area is 281 Å². The van der Waals surface area contributed by atoms with Crippen LogP contribution in [0, 0.1) is 27.7 Å². The minimum Gasteiger partial charge on any atom is -0.744 e. The second-order valence-corrected chi connectivity index (χ2v) is 14.6. The van der Waals surface area contributed by atoms with Gasteiger partial charge in [-0.2, -0.15) is 0 Å². The van der Waals surface area contributed by atoms with E-state index in [1.807, 2.05) is 27.7 Å². The number of aryl methyl sites for hydroxylation is 4. The smallest absolute Gasteiger partial charge is 0.744 e. The minimum atomic E-state index is -4.27. The predicted molar refractivity (Wildman–Crippen MR) is 162 cm³/mol. The van der Waals surface area contributed by atoms with Gasteiger partial charge in [0.1, 0.15) is 40.5 Å². The van der Waals surface area contributed by atoms with Gasteiger partial charge in [-0.1, -0.05) is 70.8 Å². The van der Waals surface area contributed by atoms with Crippen molar-refractivity contribution in [3.8, 4) is 0 Å². The number of benzene rings is 4. The molecule has 0 bridgehead atoms. The molecule has 0 spiro atoms. The van der Waals surface area contributed by atoms with E-state index in [1.54, 1.807) is 48.5 Å². The van der Waals surface area contributed by atoms with Crippen LogP contribution in [0.1, 0.15) is 22.3 Å². The van der Waals surface area contributed by atoms with Crippen molar-refractivity contribution in [3.63, 3.8) is 0 Å². The summed E-state index contributed by atoms with van der Waals surface area (Å²) in [4.78, 5) is -0.711. The third-order valence-electron chi connectivity index (χ3n) is 5.24. The second-order valence-electron chi connectivity index (χ2n) is 9.07. The third-order valence-corrected chi connectivity index (χ3v) is 8.64. The van der Waals surface area contributed by atoms with Gasteiger partial charge in [0.05, 0.1) is 19.6 Å². The van der Waals surface area contributed by atoms with Gasteiger partial charge < -0.3 is 18.2 Å². The van der Waals surface area contributed by atoms with Gasteiger partial charge in [0.25, 0.3) is 0 Å². The van der Waals surface area contributed by atoms with E-state index in [0.717, 1.165) is 22.3 Å². The summed E-state index contributed by atoms with van der Waals surface area (Å²) in [6.07, 6.45) is 0. The normalized spacial score (nSPS) is 11.2. The molecule has 0 N–H and O–H groups in total. The Morgan fingerprint density at radius 1 is 0.311 bits per heavy atom. The molecule has 0 aliphatic heterocycles. The largest absolute Gasteiger partial charge is 4.00 e. The van der Waals surface area contributed by atoms with Crippen LogP contribution in [-0.2, 0) is 40.5 Å². The molecule has 4 aromatic rings. The van der Waals surface area contributed by atoms with Gasteiger partial charge in [-0.25, -0.2) is 33.7 Å². The summed E-state index contributed by atoms with van der Waals surface area (Å²) < 4.78 is 125. The summed E-state index contributed by atoms with van der Waals surface area (Å²) in [6.45, 7) is 7.28. The van der Waals surface area contributed by atoms with E-state index in [4.69, 9.17) is 0 Å². The second kappa shape index (κ2) is 17.9. The Hall–Kier alpha value is -2.68. The molecule has 0 radical (unpaired) electrons. The van der Waals surface area contributed by atoms with Crippen LogP contribution in [0.4, 0.5) is 0 Å². The van der Waals surface area contributed by atoms with Gasteiger partial charge in [0.2, 0.25) is 0 Å². The molecule has 0 fully saturated rings. The van der Waals surface area contributed by atoms with Crippen molar-refractivity contribution in [2.24, 2.45) is 0 Å². The molecule has 0 saturated carbocycles. The van der Waals surface area contributed by atoms with Crippen molar-refractivity contribution < 1.29 is 51.9 Å². The molecule has 17 heteroatoms. The Balaban J connectivity index is 0.000000569. The summed E-state index contributed by atoms with van der Waals surface area (Å²) in [7, 11) is -17.1. The maximum atomic E-state index is 10.4. The molecule has 0 unspecified atom stereocenters. The van der Waals surface area contributed by atoms with Crippen LogP contribution >= 0.6 is 0 Å². The molecule has 12 nitrogen and oxygen atoms in total. The summed E-state index contributed by atoms with van der Waals surface area (Å²) in [5, 5.41) is 0. The van der Waals surface area contributed by atoms with Gasteiger partial charge >= 0.3 is 23.9 Å². The molecule has 0 atom stereocenters. The van der Waals surface area contributed by atoms with Crippen molar-refractivity contribution in [2.75, 3.05) is 0 Å². The first-order valence-electron chi connectivity index (χ1n) is 12.1. The molecule has 4 rings (SSSR count). The van der Waals surface area contributed by atoms with Crippen molar-refractivity contribution in [1.29, 1.82) is 0 Å². The molecule has 0 aliphatic carbocycles. The quantitative estimate of drug-likeness (QED) is 0.214. The van der Waals surface area contributed by atoms with Crippen LogP contribution in [0.5, 0.6) is 0 Å². The van der Waals surface area contributed by atoms with E-state index in [1.165, 1.54) is 48.5 Å². The molecule has 0 aromatic heterocycles. The van der Waals surface area contributed by atoms with E-state index in [0.29, 0.717) is 0 Å². The molecule has 0 saturated heterocycles. The molecule has 45 heavy (non-hydrogen) atoms. The van der Waals surface area contributed by atoms with Crippen molar-refractivity contribution in [3.05, 3.63) is 119 Å². The van der Waals surface area contributed by atoms with Gasteiger partial charge in [-0.05, 0) is 76.2 Å². The van der Waals surface area contributed by atoms with E-state index in [-0.39, 0.29) is 43.5 Å². The Morgan fingerprint density at radius 3 is 0.511 bits per heavy atom. The van der Waals surface area contributed by atoms with E-state index in [9.17, 15) is 51.9 Å². The predicted octanol–water partition coefficient (Wildman–Crippen LogP) is 3.22. The average molecular weight is 803 g/mol. The first-order valence-corrected chi connectivity index (χ1v) is 17.7. The van der Waals surface area contributed by atoms with E-state index < -0.39 is 40.5 Å².